The number of amides is 1. The summed E-state index contributed by atoms with van der Waals surface area (Å²) in [6.45, 7) is 1.57. The van der Waals surface area contributed by atoms with Gasteiger partial charge in [-0.05, 0) is 32.1 Å². The third-order valence-electron chi connectivity index (χ3n) is 5.35. The fraction of sp³-hybridized carbons (Fsp3) is 0.611. The Hall–Kier alpha value is -2.46. The zero-order valence-electron chi connectivity index (χ0n) is 15.6. The van der Waals surface area contributed by atoms with Gasteiger partial charge in [-0.2, -0.15) is 13.2 Å². The minimum absolute atomic E-state index is 0.0445. The lowest BCUT2D eigenvalue weighted by Gasteiger charge is -2.33. The molecule has 1 aliphatic carbocycles. The van der Waals surface area contributed by atoms with Crippen molar-refractivity contribution < 1.29 is 26.7 Å². The van der Waals surface area contributed by atoms with Gasteiger partial charge in [-0.15, -0.1) is 0 Å². The number of carbonyl (C=O) groups excluding carboxylic acids is 1. The molecular formula is C18H20F5N5O. The molecule has 1 saturated heterocycles. The Morgan fingerprint density at radius 3 is 2.69 bits per heavy atom. The Kier molecular flexibility index (Phi) is 4.66. The average molecular weight is 417 g/mol. The van der Waals surface area contributed by atoms with E-state index in [4.69, 9.17) is 0 Å². The van der Waals surface area contributed by atoms with Crippen LogP contribution < -0.4 is 10.2 Å². The number of rotatable bonds is 4. The maximum absolute atomic E-state index is 13.8. The summed E-state index contributed by atoms with van der Waals surface area (Å²) in [6, 6.07) is -0.336. The van der Waals surface area contributed by atoms with Gasteiger partial charge in [0.2, 0.25) is 0 Å². The Morgan fingerprint density at radius 1 is 1.34 bits per heavy atom. The number of fused-ring (bicyclic) bond motifs is 1. The number of anilines is 1. The van der Waals surface area contributed by atoms with Crippen LogP contribution in [0.2, 0.25) is 0 Å². The van der Waals surface area contributed by atoms with Gasteiger partial charge in [0.1, 0.15) is 18.2 Å². The molecule has 1 atom stereocenters. The molecule has 6 nitrogen and oxygen atoms in total. The molecule has 1 unspecified atom stereocenters. The summed E-state index contributed by atoms with van der Waals surface area (Å²) >= 11 is 0. The Bertz CT molecular complexity index is 937. The summed E-state index contributed by atoms with van der Waals surface area (Å²) in [5, 5.41) is 2.03. The minimum Gasteiger partial charge on any atom is -0.350 e. The second kappa shape index (κ2) is 6.81. The molecule has 158 valence electrons. The molecule has 11 heteroatoms. The van der Waals surface area contributed by atoms with Gasteiger partial charge >= 0.3 is 6.18 Å². The molecule has 2 aliphatic rings. The van der Waals surface area contributed by atoms with Crippen molar-refractivity contribution in [1.82, 2.24) is 19.7 Å². The molecule has 0 radical (unpaired) electrons. The summed E-state index contributed by atoms with van der Waals surface area (Å²) in [5.41, 5.74) is 0.372. The van der Waals surface area contributed by atoms with Crippen LogP contribution in [0.4, 0.5) is 27.8 Å². The second-order valence-corrected chi connectivity index (χ2v) is 7.75. The second-order valence-electron chi connectivity index (χ2n) is 7.75. The van der Waals surface area contributed by atoms with Gasteiger partial charge in [0, 0.05) is 24.7 Å². The van der Waals surface area contributed by atoms with Gasteiger partial charge in [0.25, 0.3) is 11.8 Å². The number of alkyl halides is 5. The van der Waals surface area contributed by atoms with Crippen molar-refractivity contribution in [3.05, 3.63) is 23.8 Å². The molecule has 2 aromatic heterocycles. The van der Waals surface area contributed by atoms with E-state index in [9.17, 15) is 26.7 Å². The number of halogens is 5. The minimum atomic E-state index is -4.56. The van der Waals surface area contributed by atoms with E-state index in [1.165, 1.54) is 15.6 Å². The normalized spacial score (nSPS) is 20.7. The lowest BCUT2D eigenvalue weighted by atomic mass is 10.1. The molecule has 1 saturated carbocycles. The number of hydrogen-bond acceptors (Lipinski definition) is 4. The SMILES string of the molecule is Cc1cc(N2CCCC(F)(F)C2)nc2c(C(=O)NC(C3CC3)C(F)(F)F)ncn12. The highest BCUT2D eigenvalue weighted by Crippen LogP contribution is 2.40. The highest BCUT2D eigenvalue weighted by molar-refractivity contribution is 5.98. The largest absolute Gasteiger partial charge is 0.408 e. The number of nitrogens with zero attached hydrogens (tertiary/aromatic N) is 4. The number of imidazole rings is 1. The predicted octanol–water partition coefficient (Wildman–Crippen LogP) is 3.34. The summed E-state index contributed by atoms with van der Waals surface area (Å²) in [7, 11) is 0. The Balaban J connectivity index is 1.65. The number of piperidine rings is 1. The van der Waals surface area contributed by atoms with Gasteiger partial charge in [-0.1, -0.05) is 0 Å². The van der Waals surface area contributed by atoms with E-state index in [2.05, 4.69) is 9.97 Å². The Morgan fingerprint density at radius 2 is 2.07 bits per heavy atom. The molecule has 2 fully saturated rings. The molecular weight excluding hydrogens is 397 g/mol. The summed E-state index contributed by atoms with van der Waals surface area (Å²) in [5.74, 6) is -4.20. The van der Waals surface area contributed by atoms with E-state index in [1.807, 2.05) is 5.32 Å². The van der Waals surface area contributed by atoms with Gasteiger partial charge in [0.15, 0.2) is 11.3 Å². The zero-order chi connectivity index (χ0) is 21.0. The Labute approximate surface area is 163 Å². The van der Waals surface area contributed by atoms with Crippen LogP contribution in [0, 0.1) is 12.8 Å². The van der Waals surface area contributed by atoms with Crippen LogP contribution in [0.3, 0.4) is 0 Å². The van der Waals surface area contributed by atoms with E-state index in [-0.39, 0.29) is 23.6 Å². The molecule has 1 amide bonds. The number of aryl methyl sites for hydroxylation is 1. The topological polar surface area (TPSA) is 62.5 Å². The molecule has 0 spiro atoms. The first-order valence-corrected chi connectivity index (χ1v) is 9.40. The smallest absolute Gasteiger partial charge is 0.350 e. The summed E-state index contributed by atoms with van der Waals surface area (Å²) in [4.78, 5) is 22.2. The van der Waals surface area contributed by atoms with Crippen molar-refractivity contribution in [2.45, 2.75) is 50.7 Å². The first kappa shape index (κ1) is 19.8. The first-order valence-electron chi connectivity index (χ1n) is 9.40. The lowest BCUT2D eigenvalue weighted by Crippen LogP contribution is -2.47. The van der Waals surface area contributed by atoms with E-state index >= 15 is 0 Å². The number of aromatic nitrogens is 3. The standard InChI is InChI=1S/C18H20F5N5O/c1-10-7-12(27-6-2-5-17(19,20)8-27)25-15-13(24-9-28(10)15)16(29)26-14(11-3-4-11)18(21,22)23/h7,9,11,14H,2-6,8H2,1H3,(H,26,29). The van der Waals surface area contributed by atoms with Crippen molar-refractivity contribution in [3.8, 4) is 0 Å². The number of hydrogen-bond donors (Lipinski definition) is 1. The lowest BCUT2D eigenvalue weighted by molar-refractivity contribution is -0.158. The van der Waals surface area contributed by atoms with Crippen LogP contribution in [-0.2, 0) is 0 Å². The first-order chi connectivity index (χ1) is 13.5. The average Bonchev–Trinajstić information content (AvgIpc) is 3.35. The molecule has 0 bridgehead atoms. The third-order valence-corrected chi connectivity index (χ3v) is 5.35. The van der Waals surface area contributed by atoms with E-state index in [0.29, 0.717) is 31.5 Å². The maximum atomic E-state index is 13.8. The van der Waals surface area contributed by atoms with E-state index < -0.39 is 36.5 Å². The molecule has 4 rings (SSSR count). The molecule has 0 aromatic carbocycles. The van der Waals surface area contributed by atoms with Gasteiger partial charge in [-0.3, -0.25) is 9.20 Å². The van der Waals surface area contributed by atoms with Crippen LogP contribution in [0.15, 0.2) is 12.4 Å². The van der Waals surface area contributed by atoms with Crippen molar-refractivity contribution >= 4 is 17.4 Å². The number of carbonyl (C=O) groups is 1. The molecule has 29 heavy (non-hydrogen) atoms. The van der Waals surface area contributed by atoms with Crippen molar-refractivity contribution in [3.63, 3.8) is 0 Å². The molecule has 1 aliphatic heterocycles. The quantitative estimate of drug-likeness (QED) is 0.776. The third kappa shape index (κ3) is 3.99. The fourth-order valence-corrected chi connectivity index (χ4v) is 3.69. The monoisotopic (exact) mass is 417 g/mol. The van der Waals surface area contributed by atoms with Crippen LogP contribution in [0.5, 0.6) is 0 Å². The molecule has 2 aromatic rings. The molecule has 3 heterocycles. The molecule has 1 N–H and O–H groups in total. The summed E-state index contributed by atoms with van der Waals surface area (Å²) < 4.78 is 68.7. The van der Waals surface area contributed by atoms with Crippen LogP contribution in [-0.4, -0.2) is 51.5 Å². The highest BCUT2D eigenvalue weighted by Gasteiger charge is 2.50. The fourth-order valence-electron chi connectivity index (χ4n) is 3.69. The van der Waals surface area contributed by atoms with Gasteiger partial charge < -0.3 is 10.2 Å². The van der Waals surface area contributed by atoms with Crippen LogP contribution >= 0.6 is 0 Å². The van der Waals surface area contributed by atoms with Crippen LogP contribution in [0.25, 0.3) is 5.65 Å². The van der Waals surface area contributed by atoms with Crippen LogP contribution in [0.1, 0.15) is 41.9 Å². The maximum Gasteiger partial charge on any atom is 0.408 e. The summed E-state index contributed by atoms with van der Waals surface area (Å²) in [6.07, 6.45) is -2.37. The van der Waals surface area contributed by atoms with Crippen molar-refractivity contribution in [2.24, 2.45) is 5.92 Å². The zero-order valence-corrected chi connectivity index (χ0v) is 15.6. The number of nitrogens with one attached hydrogen (secondary N) is 1. The van der Waals surface area contributed by atoms with E-state index in [0.717, 1.165) is 0 Å². The van der Waals surface area contributed by atoms with Crippen molar-refractivity contribution in [1.29, 1.82) is 0 Å². The van der Waals surface area contributed by atoms with Crippen molar-refractivity contribution in [2.75, 3.05) is 18.0 Å². The van der Waals surface area contributed by atoms with Gasteiger partial charge in [0.05, 0.1) is 6.54 Å². The van der Waals surface area contributed by atoms with E-state index in [1.54, 1.807) is 13.0 Å². The predicted molar refractivity (Wildman–Crippen MR) is 94.2 cm³/mol. The van der Waals surface area contributed by atoms with Gasteiger partial charge in [-0.25, -0.2) is 18.7 Å². The highest BCUT2D eigenvalue weighted by atomic mass is 19.4.